The van der Waals surface area contributed by atoms with E-state index in [1.54, 1.807) is 6.92 Å². The predicted molar refractivity (Wildman–Crippen MR) is 96.1 cm³/mol. The third-order valence-electron chi connectivity index (χ3n) is 3.85. The molecule has 2 aromatic carbocycles. The molecule has 0 bridgehead atoms. The number of aryl methyl sites for hydroxylation is 1. The molecule has 136 valence electrons. The maximum atomic E-state index is 12.8. The second-order valence-corrected chi connectivity index (χ2v) is 7.08. The van der Waals surface area contributed by atoms with Gasteiger partial charge in [-0.25, -0.2) is 4.98 Å². The van der Waals surface area contributed by atoms with Gasteiger partial charge in [-0.1, -0.05) is 30.0 Å². The van der Waals surface area contributed by atoms with Gasteiger partial charge in [-0.05, 0) is 37.3 Å². The van der Waals surface area contributed by atoms with Crippen molar-refractivity contribution in [1.29, 1.82) is 0 Å². The van der Waals surface area contributed by atoms with E-state index in [0.717, 1.165) is 23.2 Å². The molecule has 4 nitrogen and oxygen atoms in total. The maximum Gasteiger partial charge on any atom is 0.416 e. The highest BCUT2D eigenvalue weighted by atomic mass is 32.2. The first kappa shape index (κ1) is 18.3. The molecule has 8 heteroatoms. The molecule has 0 saturated heterocycles. The van der Waals surface area contributed by atoms with Crippen molar-refractivity contribution in [3.8, 4) is 0 Å². The lowest BCUT2D eigenvalue weighted by atomic mass is 10.2. The van der Waals surface area contributed by atoms with Crippen LogP contribution in [0.15, 0.2) is 53.7 Å². The lowest BCUT2D eigenvalue weighted by Crippen LogP contribution is -2.23. The van der Waals surface area contributed by atoms with E-state index in [4.69, 9.17) is 0 Å². The van der Waals surface area contributed by atoms with Gasteiger partial charge in [0.2, 0.25) is 5.91 Å². The molecule has 1 heterocycles. The fourth-order valence-electron chi connectivity index (χ4n) is 2.46. The molecule has 3 aromatic rings. The van der Waals surface area contributed by atoms with Crippen LogP contribution in [0.4, 0.5) is 18.9 Å². The van der Waals surface area contributed by atoms with Gasteiger partial charge in [-0.3, -0.25) is 4.79 Å². The molecule has 0 spiro atoms. The number of benzene rings is 2. The number of para-hydroxylation sites is 2. The molecule has 1 amide bonds. The molecule has 1 aromatic heterocycles. The van der Waals surface area contributed by atoms with Gasteiger partial charge in [0.25, 0.3) is 0 Å². The predicted octanol–water partition coefficient (Wildman–Crippen LogP) is 4.71. The van der Waals surface area contributed by atoms with Crippen molar-refractivity contribution in [3.05, 3.63) is 54.1 Å². The van der Waals surface area contributed by atoms with Gasteiger partial charge in [0.05, 0.1) is 21.8 Å². The average Bonchev–Trinajstić information content (AvgIpc) is 2.90. The molecule has 1 N–H and O–H groups in total. The van der Waals surface area contributed by atoms with Crippen molar-refractivity contribution in [2.75, 3.05) is 5.32 Å². The summed E-state index contributed by atoms with van der Waals surface area (Å²) >= 11 is 1.25. The van der Waals surface area contributed by atoms with Crippen molar-refractivity contribution in [2.24, 2.45) is 7.05 Å². The van der Waals surface area contributed by atoms with Crippen LogP contribution in [0.2, 0.25) is 0 Å². The number of imidazole rings is 1. The van der Waals surface area contributed by atoms with Gasteiger partial charge in [0.15, 0.2) is 5.16 Å². The molecule has 3 rings (SSSR count). The zero-order valence-corrected chi connectivity index (χ0v) is 14.9. The highest BCUT2D eigenvalue weighted by Gasteiger charge is 2.30. The quantitative estimate of drug-likeness (QED) is 0.668. The van der Waals surface area contributed by atoms with Crippen molar-refractivity contribution in [3.63, 3.8) is 0 Å². The van der Waals surface area contributed by atoms with Gasteiger partial charge >= 0.3 is 6.18 Å². The van der Waals surface area contributed by atoms with Crippen LogP contribution in [0.3, 0.4) is 0 Å². The van der Waals surface area contributed by atoms with Crippen molar-refractivity contribution < 1.29 is 18.0 Å². The Bertz CT molecular complexity index is 952. The van der Waals surface area contributed by atoms with Gasteiger partial charge in [-0.2, -0.15) is 13.2 Å². The molecule has 0 fully saturated rings. The molecular weight excluding hydrogens is 363 g/mol. The van der Waals surface area contributed by atoms with E-state index in [2.05, 4.69) is 10.3 Å². The summed E-state index contributed by atoms with van der Waals surface area (Å²) in [4.78, 5) is 16.8. The Hall–Kier alpha value is -2.48. The van der Waals surface area contributed by atoms with Gasteiger partial charge in [0, 0.05) is 12.7 Å². The Morgan fingerprint density at radius 3 is 2.62 bits per heavy atom. The summed E-state index contributed by atoms with van der Waals surface area (Å²) in [5.74, 6) is -0.388. The number of nitrogens with zero attached hydrogens (tertiary/aromatic N) is 2. The normalized spacial score (nSPS) is 13.0. The number of hydrogen-bond acceptors (Lipinski definition) is 3. The van der Waals surface area contributed by atoms with Crippen LogP contribution in [0.25, 0.3) is 11.0 Å². The standard InChI is InChI=1S/C18H16F3N3OS/c1-11(26-17-23-14-8-3-4-9-15(14)24(17)2)16(25)22-13-7-5-6-12(10-13)18(19,20)21/h3-11H,1-2H3,(H,22,25). The first-order valence-electron chi connectivity index (χ1n) is 7.82. The van der Waals surface area contributed by atoms with Gasteiger partial charge in [-0.15, -0.1) is 0 Å². The van der Waals surface area contributed by atoms with Crippen LogP contribution in [-0.2, 0) is 18.0 Å². The third-order valence-corrected chi connectivity index (χ3v) is 5.00. The number of amides is 1. The number of fused-ring (bicyclic) bond motifs is 1. The van der Waals surface area contributed by atoms with E-state index < -0.39 is 17.0 Å². The summed E-state index contributed by atoms with van der Waals surface area (Å²) in [5, 5.41) is 2.67. The molecular formula is C18H16F3N3OS. The number of nitrogens with one attached hydrogen (secondary N) is 1. The average molecular weight is 379 g/mol. The van der Waals surface area contributed by atoms with Crippen molar-refractivity contribution in [1.82, 2.24) is 9.55 Å². The van der Waals surface area contributed by atoms with Crippen LogP contribution in [0.1, 0.15) is 12.5 Å². The number of halogens is 3. The van der Waals surface area contributed by atoms with Crippen LogP contribution in [-0.4, -0.2) is 20.7 Å². The number of aromatic nitrogens is 2. The Balaban J connectivity index is 1.73. The maximum absolute atomic E-state index is 12.8. The largest absolute Gasteiger partial charge is 0.416 e. The molecule has 0 aliphatic heterocycles. The number of anilines is 1. The zero-order chi connectivity index (χ0) is 18.9. The molecule has 0 saturated carbocycles. The summed E-state index contributed by atoms with van der Waals surface area (Å²) in [6, 6.07) is 12.2. The Kier molecular flexibility index (Phi) is 4.95. The number of thioether (sulfide) groups is 1. The Morgan fingerprint density at radius 2 is 1.92 bits per heavy atom. The van der Waals surface area contributed by atoms with Crippen LogP contribution < -0.4 is 5.32 Å². The summed E-state index contributed by atoms with van der Waals surface area (Å²) in [5.41, 5.74) is 1.08. The topological polar surface area (TPSA) is 46.9 Å². The second kappa shape index (κ2) is 7.03. The first-order chi connectivity index (χ1) is 12.3. The second-order valence-electron chi connectivity index (χ2n) is 5.77. The lowest BCUT2D eigenvalue weighted by molar-refractivity contribution is -0.137. The molecule has 0 radical (unpaired) electrons. The summed E-state index contributed by atoms with van der Waals surface area (Å²) in [7, 11) is 1.86. The van der Waals surface area contributed by atoms with Crippen LogP contribution in [0.5, 0.6) is 0 Å². The number of hydrogen-bond donors (Lipinski definition) is 1. The molecule has 1 atom stereocenters. The fourth-order valence-corrected chi connectivity index (χ4v) is 3.35. The Morgan fingerprint density at radius 1 is 1.19 bits per heavy atom. The minimum absolute atomic E-state index is 0.113. The summed E-state index contributed by atoms with van der Waals surface area (Å²) in [6.07, 6.45) is -4.45. The monoisotopic (exact) mass is 379 g/mol. The highest BCUT2D eigenvalue weighted by molar-refractivity contribution is 8.00. The van der Waals surface area contributed by atoms with E-state index in [-0.39, 0.29) is 11.6 Å². The number of alkyl halides is 3. The van der Waals surface area contributed by atoms with E-state index >= 15 is 0 Å². The molecule has 0 aliphatic rings. The smallest absolute Gasteiger partial charge is 0.325 e. The summed E-state index contributed by atoms with van der Waals surface area (Å²) < 4.78 is 40.2. The first-order valence-corrected chi connectivity index (χ1v) is 8.70. The van der Waals surface area contributed by atoms with Crippen LogP contribution >= 0.6 is 11.8 Å². The SMILES string of the molecule is CC(Sc1nc2ccccc2n1C)C(=O)Nc1cccc(C(F)(F)F)c1. The summed E-state index contributed by atoms with van der Waals surface area (Å²) in [6.45, 7) is 1.69. The Labute approximate surface area is 152 Å². The van der Waals surface area contributed by atoms with E-state index in [1.165, 1.54) is 23.9 Å². The minimum Gasteiger partial charge on any atom is -0.325 e. The minimum atomic E-state index is -4.45. The van der Waals surface area contributed by atoms with E-state index in [0.29, 0.717) is 5.16 Å². The number of carbonyl (C=O) groups excluding carboxylic acids is 1. The lowest BCUT2D eigenvalue weighted by Gasteiger charge is -2.13. The van der Waals surface area contributed by atoms with Gasteiger partial charge < -0.3 is 9.88 Å². The molecule has 0 aliphatic carbocycles. The fraction of sp³-hybridized carbons (Fsp3) is 0.222. The zero-order valence-electron chi connectivity index (χ0n) is 14.0. The highest BCUT2D eigenvalue weighted by Crippen LogP contribution is 2.31. The van der Waals surface area contributed by atoms with E-state index in [1.807, 2.05) is 35.9 Å². The van der Waals surface area contributed by atoms with Crippen molar-refractivity contribution in [2.45, 2.75) is 23.5 Å². The molecule has 26 heavy (non-hydrogen) atoms. The van der Waals surface area contributed by atoms with Crippen molar-refractivity contribution >= 4 is 34.4 Å². The third kappa shape index (κ3) is 3.85. The molecule has 1 unspecified atom stereocenters. The number of carbonyl (C=O) groups is 1. The van der Waals surface area contributed by atoms with Crippen LogP contribution in [0, 0.1) is 0 Å². The van der Waals surface area contributed by atoms with E-state index in [9.17, 15) is 18.0 Å². The number of rotatable bonds is 4. The van der Waals surface area contributed by atoms with Gasteiger partial charge in [0.1, 0.15) is 0 Å².